The Labute approximate surface area is 124 Å². The summed E-state index contributed by atoms with van der Waals surface area (Å²) in [5.41, 5.74) is 7.91. The fraction of sp³-hybridized carbons (Fsp3) is 0.769. The highest BCUT2D eigenvalue weighted by molar-refractivity contribution is 6.34. The van der Waals surface area contributed by atoms with Crippen molar-refractivity contribution in [1.29, 1.82) is 0 Å². The molecule has 21 heavy (non-hydrogen) atoms. The summed E-state index contributed by atoms with van der Waals surface area (Å²) in [6.45, 7) is 3.95. The molecule has 0 aromatic carbocycles. The highest BCUT2D eigenvalue weighted by Gasteiger charge is 2.30. The number of piperidine rings is 1. The Bertz CT molecular complexity index is 412. The largest absolute Gasteiger partial charge is 0.369 e. The van der Waals surface area contributed by atoms with Crippen molar-refractivity contribution in [3.05, 3.63) is 0 Å². The zero-order chi connectivity index (χ0) is 15.4. The van der Waals surface area contributed by atoms with E-state index in [1.54, 1.807) is 5.01 Å². The van der Waals surface area contributed by atoms with E-state index in [9.17, 15) is 14.4 Å². The molecule has 118 valence electrons. The van der Waals surface area contributed by atoms with Crippen LogP contribution in [0.2, 0.25) is 0 Å². The fourth-order valence-electron chi connectivity index (χ4n) is 2.62. The SMILES string of the molecule is CN1CCN(NC(=O)C(=O)N2CCC(C(N)=O)CC2)CC1. The maximum Gasteiger partial charge on any atom is 0.323 e. The first-order valence-corrected chi connectivity index (χ1v) is 7.30. The molecule has 8 nitrogen and oxygen atoms in total. The number of likely N-dealkylation sites (N-methyl/N-ethyl adjacent to an activating group) is 1. The first kappa shape index (κ1) is 15.7. The zero-order valence-corrected chi connectivity index (χ0v) is 12.4. The van der Waals surface area contributed by atoms with Crippen LogP contribution in [0.15, 0.2) is 0 Å². The molecular formula is C13H23N5O3. The van der Waals surface area contributed by atoms with Crippen molar-refractivity contribution in [3.8, 4) is 0 Å². The van der Waals surface area contributed by atoms with Crippen molar-refractivity contribution in [1.82, 2.24) is 20.2 Å². The molecule has 0 aliphatic carbocycles. The van der Waals surface area contributed by atoms with E-state index >= 15 is 0 Å². The molecule has 3 amide bonds. The standard InChI is InChI=1S/C13H23N5O3/c1-16-6-8-18(9-7-16)15-12(20)13(21)17-4-2-10(3-5-17)11(14)19/h10H,2-9H2,1H3,(H2,14,19)(H,15,20). The average molecular weight is 297 g/mol. The van der Waals surface area contributed by atoms with Gasteiger partial charge in [-0.25, -0.2) is 5.01 Å². The predicted molar refractivity (Wildman–Crippen MR) is 75.7 cm³/mol. The molecular weight excluding hydrogens is 274 g/mol. The Morgan fingerprint density at radius 2 is 1.57 bits per heavy atom. The quantitative estimate of drug-likeness (QED) is 0.574. The summed E-state index contributed by atoms with van der Waals surface area (Å²) in [4.78, 5) is 38.8. The molecule has 8 heteroatoms. The molecule has 2 aliphatic heterocycles. The summed E-state index contributed by atoms with van der Waals surface area (Å²) in [6, 6.07) is 0. The molecule has 2 saturated heterocycles. The third-order valence-corrected chi connectivity index (χ3v) is 4.14. The summed E-state index contributed by atoms with van der Waals surface area (Å²) in [5.74, 6) is -1.65. The Balaban J connectivity index is 1.78. The van der Waals surface area contributed by atoms with Crippen LogP contribution in [-0.4, -0.2) is 78.8 Å². The summed E-state index contributed by atoms with van der Waals surface area (Å²) in [5, 5.41) is 1.77. The number of nitrogens with zero attached hydrogens (tertiary/aromatic N) is 3. The lowest BCUT2D eigenvalue weighted by atomic mass is 9.96. The van der Waals surface area contributed by atoms with Crippen molar-refractivity contribution in [2.24, 2.45) is 11.7 Å². The summed E-state index contributed by atoms with van der Waals surface area (Å²) in [7, 11) is 2.02. The molecule has 0 aromatic heterocycles. The Morgan fingerprint density at radius 3 is 2.10 bits per heavy atom. The van der Waals surface area contributed by atoms with Crippen molar-refractivity contribution in [2.75, 3.05) is 46.3 Å². The van der Waals surface area contributed by atoms with Crippen LogP contribution in [0, 0.1) is 5.92 Å². The normalized spacial score (nSPS) is 22.0. The first-order valence-electron chi connectivity index (χ1n) is 7.30. The van der Waals surface area contributed by atoms with Crippen LogP contribution >= 0.6 is 0 Å². The number of hydrazine groups is 1. The number of primary amides is 1. The number of piperazine rings is 1. The molecule has 0 saturated carbocycles. The van der Waals surface area contributed by atoms with Crippen LogP contribution < -0.4 is 11.2 Å². The van der Waals surface area contributed by atoms with Gasteiger partial charge in [0.1, 0.15) is 0 Å². The van der Waals surface area contributed by atoms with Crippen LogP contribution in [0.5, 0.6) is 0 Å². The van der Waals surface area contributed by atoms with E-state index in [-0.39, 0.29) is 11.8 Å². The number of hydrogen-bond acceptors (Lipinski definition) is 5. The lowest BCUT2D eigenvalue weighted by molar-refractivity contribution is -0.150. The molecule has 2 fully saturated rings. The third kappa shape index (κ3) is 4.15. The van der Waals surface area contributed by atoms with Crippen LogP contribution in [0.3, 0.4) is 0 Å². The number of rotatable bonds is 2. The van der Waals surface area contributed by atoms with Crippen LogP contribution in [0.25, 0.3) is 0 Å². The molecule has 2 aliphatic rings. The highest BCUT2D eigenvalue weighted by atomic mass is 16.2. The van der Waals surface area contributed by atoms with Gasteiger partial charge in [0, 0.05) is 45.2 Å². The number of carbonyl (C=O) groups excluding carboxylic acids is 3. The Morgan fingerprint density at radius 1 is 1.00 bits per heavy atom. The van der Waals surface area contributed by atoms with Crippen molar-refractivity contribution in [2.45, 2.75) is 12.8 Å². The molecule has 0 aromatic rings. The molecule has 0 unspecified atom stereocenters. The van der Waals surface area contributed by atoms with Gasteiger partial charge in [-0.1, -0.05) is 0 Å². The summed E-state index contributed by atoms with van der Waals surface area (Å²) in [6.07, 6.45) is 1.06. The lowest BCUT2D eigenvalue weighted by Crippen LogP contribution is -2.56. The number of amides is 3. The van der Waals surface area contributed by atoms with E-state index in [0.29, 0.717) is 39.0 Å². The van der Waals surface area contributed by atoms with Crippen LogP contribution in [0.4, 0.5) is 0 Å². The van der Waals surface area contributed by atoms with Crippen molar-refractivity contribution in [3.63, 3.8) is 0 Å². The van der Waals surface area contributed by atoms with Gasteiger partial charge in [-0.05, 0) is 19.9 Å². The van der Waals surface area contributed by atoms with E-state index < -0.39 is 11.8 Å². The molecule has 0 spiro atoms. The molecule has 2 heterocycles. The van der Waals surface area contributed by atoms with Gasteiger partial charge in [0.2, 0.25) is 5.91 Å². The number of nitrogens with two attached hydrogens (primary N) is 1. The smallest absolute Gasteiger partial charge is 0.323 e. The Hall–Kier alpha value is -1.67. The van der Waals surface area contributed by atoms with Crippen molar-refractivity contribution >= 4 is 17.7 Å². The fourth-order valence-corrected chi connectivity index (χ4v) is 2.62. The number of likely N-dealkylation sites (tertiary alicyclic amines) is 1. The number of carbonyl (C=O) groups is 3. The van der Waals surface area contributed by atoms with Gasteiger partial charge >= 0.3 is 11.8 Å². The molecule has 2 rings (SSSR count). The van der Waals surface area contributed by atoms with Crippen LogP contribution in [0.1, 0.15) is 12.8 Å². The summed E-state index contributed by atoms with van der Waals surface area (Å²) < 4.78 is 0. The van der Waals surface area contributed by atoms with E-state index in [1.165, 1.54) is 4.90 Å². The molecule has 0 radical (unpaired) electrons. The third-order valence-electron chi connectivity index (χ3n) is 4.14. The van der Waals surface area contributed by atoms with E-state index in [1.807, 2.05) is 7.05 Å². The zero-order valence-electron chi connectivity index (χ0n) is 12.4. The maximum absolute atomic E-state index is 12.1. The molecule has 0 atom stereocenters. The van der Waals surface area contributed by atoms with Gasteiger partial charge in [0.15, 0.2) is 0 Å². The van der Waals surface area contributed by atoms with E-state index in [2.05, 4.69) is 10.3 Å². The first-order chi connectivity index (χ1) is 9.97. The van der Waals surface area contributed by atoms with E-state index in [4.69, 9.17) is 5.73 Å². The molecule has 3 N–H and O–H groups in total. The number of nitrogens with one attached hydrogen (secondary N) is 1. The number of hydrogen-bond donors (Lipinski definition) is 2. The van der Waals surface area contributed by atoms with Gasteiger partial charge < -0.3 is 15.5 Å². The average Bonchev–Trinajstić information content (AvgIpc) is 2.49. The summed E-state index contributed by atoms with van der Waals surface area (Å²) >= 11 is 0. The van der Waals surface area contributed by atoms with Gasteiger partial charge in [-0.2, -0.15) is 0 Å². The topological polar surface area (TPSA) is 99.0 Å². The predicted octanol–water partition coefficient (Wildman–Crippen LogP) is -2.01. The van der Waals surface area contributed by atoms with Gasteiger partial charge in [0.05, 0.1) is 0 Å². The lowest BCUT2D eigenvalue weighted by Gasteiger charge is -2.34. The minimum Gasteiger partial charge on any atom is -0.369 e. The van der Waals surface area contributed by atoms with Gasteiger partial charge in [-0.15, -0.1) is 0 Å². The Kier molecular flexibility index (Phi) is 5.13. The molecule has 0 bridgehead atoms. The minimum atomic E-state index is -0.600. The van der Waals surface area contributed by atoms with Crippen molar-refractivity contribution < 1.29 is 14.4 Å². The van der Waals surface area contributed by atoms with Gasteiger partial charge in [0.25, 0.3) is 0 Å². The highest BCUT2D eigenvalue weighted by Crippen LogP contribution is 2.16. The monoisotopic (exact) mass is 297 g/mol. The second-order valence-electron chi connectivity index (χ2n) is 5.70. The van der Waals surface area contributed by atoms with Gasteiger partial charge in [-0.3, -0.25) is 19.8 Å². The van der Waals surface area contributed by atoms with Crippen LogP contribution in [-0.2, 0) is 14.4 Å². The maximum atomic E-state index is 12.1. The second kappa shape index (κ2) is 6.86. The van der Waals surface area contributed by atoms with E-state index in [0.717, 1.165) is 13.1 Å². The minimum absolute atomic E-state index is 0.185. The second-order valence-corrected chi connectivity index (χ2v) is 5.70.